The summed E-state index contributed by atoms with van der Waals surface area (Å²) in [5.74, 6) is 1.13. The molecule has 0 saturated carbocycles. The summed E-state index contributed by atoms with van der Waals surface area (Å²) in [5, 5.41) is 1.22. The van der Waals surface area contributed by atoms with E-state index in [4.69, 9.17) is 14.5 Å². The van der Waals surface area contributed by atoms with E-state index in [1.165, 1.54) is 10.9 Å². The van der Waals surface area contributed by atoms with Gasteiger partial charge in [-0.15, -0.1) is 0 Å². The second-order valence-corrected chi connectivity index (χ2v) is 8.58. The Hall–Kier alpha value is -1.69. The second kappa shape index (κ2) is 8.36. The third-order valence-corrected chi connectivity index (χ3v) is 6.06. The molecule has 2 aliphatic heterocycles. The van der Waals surface area contributed by atoms with Gasteiger partial charge in [-0.1, -0.05) is 25.1 Å². The number of hydrogen-bond donors (Lipinski definition) is 0. The number of hydrogen-bond acceptors (Lipinski definition) is 5. The van der Waals surface area contributed by atoms with Crippen LogP contribution in [0.5, 0.6) is 0 Å². The van der Waals surface area contributed by atoms with Crippen molar-refractivity contribution in [2.24, 2.45) is 0 Å². The molecule has 0 N–H and O–H groups in total. The molecule has 0 spiro atoms. The van der Waals surface area contributed by atoms with Crippen molar-refractivity contribution in [3.8, 4) is 0 Å². The number of aromatic nitrogens is 1. The highest BCUT2D eigenvalue weighted by molar-refractivity contribution is 5.81. The maximum Gasteiger partial charge on any atom is 0.133 e. The lowest BCUT2D eigenvalue weighted by Crippen LogP contribution is -2.46. The Bertz CT molecular complexity index is 802. The Morgan fingerprint density at radius 1 is 1.18 bits per heavy atom. The number of pyridine rings is 1. The van der Waals surface area contributed by atoms with Crippen LogP contribution in [0.15, 0.2) is 30.3 Å². The Balaban J connectivity index is 1.65. The number of para-hydroxylation sites is 1. The molecule has 0 aliphatic carbocycles. The first-order valence-corrected chi connectivity index (χ1v) is 10.6. The molecule has 4 rings (SSSR count). The predicted molar refractivity (Wildman–Crippen MR) is 114 cm³/mol. The van der Waals surface area contributed by atoms with Gasteiger partial charge in [0.2, 0.25) is 0 Å². The molecule has 1 aromatic carbocycles. The van der Waals surface area contributed by atoms with Crippen molar-refractivity contribution < 1.29 is 9.47 Å². The van der Waals surface area contributed by atoms with Gasteiger partial charge in [0.1, 0.15) is 5.82 Å². The summed E-state index contributed by atoms with van der Waals surface area (Å²) < 4.78 is 11.5. The molecule has 0 amide bonds. The van der Waals surface area contributed by atoms with E-state index in [0.717, 1.165) is 70.2 Å². The number of rotatable bonds is 5. The van der Waals surface area contributed by atoms with E-state index in [0.29, 0.717) is 6.04 Å². The Kier molecular flexibility index (Phi) is 5.85. The molecule has 2 saturated heterocycles. The molecular weight excluding hydrogens is 350 g/mol. The second-order valence-electron chi connectivity index (χ2n) is 8.58. The minimum Gasteiger partial charge on any atom is -0.378 e. The molecule has 1 aromatic heterocycles. The molecule has 1 atom stereocenters. The average molecular weight is 384 g/mol. The number of fused-ring (bicyclic) bond motifs is 1. The molecule has 0 unspecified atom stereocenters. The largest absolute Gasteiger partial charge is 0.378 e. The quantitative estimate of drug-likeness (QED) is 0.784. The van der Waals surface area contributed by atoms with Gasteiger partial charge in [0.15, 0.2) is 0 Å². The molecule has 28 heavy (non-hydrogen) atoms. The fourth-order valence-corrected chi connectivity index (χ4v) is 4.54. The van der Waals surface area contributed by atoms with Crippen molar-refractivity contribution in [1.29, 1.82) is 0 Å². The SMILES string of the molecule is CCN(Cc1cc2ccccc2nc1N1CCOCC1)[C@@H]1CCOC(C)(C)C1. The Morgan fingerprint density at radius 2 is 1.96 bits per heavy atom. The number of nitrogens with zero attached hydrogens (tertiary/aromatic N) is 3. The molecule has 2 aromatic rings. The lowest BCUT2D eigenvalue weighted by molar-refractivity contribution is -0.0838. The van der Waals surface area contributed by atoms with Crippen LogP contribution in [0.1, 0.15) is 39.2 Å². The third-order valence-electron chi connectivity index (χ3n) is 6.06. The normalized spacial score (nSPS) is 22.7. The van der Waals surface area contributed by atoms with Crippen molar-refractivity contribution in [2.45, 2.75) is 51.8 Å². The fraction of sp³-hybridized carbons (Fsp3) is 0.609. The predicted octanol–water partition coefficient (Wildman–Crippen LogP) is 3.85. The van der Waals surface area contributed by atoms with Crippen LogP contribution in [0.4, 0.5) is 5.82 Å². The lowest BCUT2D eigenvalue weighted by Gasteiger charge is -2.41. The minimum atomic E-state index is -0.0367. The highest BCUT2D eigenvalue weighted by Crippen LogP contribution is 2.31. The van der Waals surface area contributed by atoms with E-state index < -0.39 is 0 Å². The first kappa shape index (κ1) is 19.6. The summed E-state index contributed by atoms with van der Waals surface area (Å²) in [6, 6.07) is 11.4. The summed E-state index contributed by atoms with van der Waals surface area (Å²) in [6.45, 7) is 12.9. The third kappa shape index (κ3) is 4.32. The molecule has 5 nitrogen and oxygen atoms in total. The summed E-state index contributed by atoms with van der Waals surface area (Å²) in [7, 11) is 0. The number of anilines is 1. The Labute approximate surface area is 168 Å². The topological polar surface area (TPSA) is 37.8 Å². The van der Waals surface area contributed by atoms with Gasteiger partial charge < -0.3 is 14.4 Å². The van der Waals surface area contributed by atoms with E-state index in [-0.39, 0.29) is 5.60 Å². The molecule has 0 radical (unpaired) electrons. The maximum atomic E-state index is 5.96. The smallest absolute Gasteiger partial charge is 0.133 e. The minimum absolute atomic E-state index is 0.0367. The first-order chi connectivity index (χ1) is 13.6. The number of morpholine rings is 1. The van der Waals surface area contributed by atoms with Crippen molar-refractivity contribution in [3.63, 3.8) is 0 Å². The van der Waals surface area contributed by atoms with Crippen LogP contribution in [0.25, 0.3) is 10.9 Å². The summed E-state index contributed by atoms with van der Waals surface area (Å²) >= 11 is 0. The molecule has 3 heterocycles. The fourth-order valence-electron chi connectivity index (χ4n) is 4.54. The van der Waals surface area contributed by atoms with E-state index >= 15 is 0 Å². The van der Waals surface area contributed by atoms with Gasteiger partial charge in [-0.25, -0.2) is 4.98 Å². The van der Waals surface area contributed by atoms with E-state index in [1.807, 2.05) is 0 Å². The lowest BCUT2D eigenvalue weighted by atomic mass is 9.92. The van der Waals surface area contributed by atoms with Gasteiger partial charge in [0.05, 0.1) is 24.3 Å². The molecular formula is C23H33N3O2. The summed E-state index contributed by atoms with van der Waals surface area (Å²) in [6.07, 6.45) is 2.18. The monoisotopic (exact) mass is 383 g/mol. The van der Waals surface area contributed by atoms with E-state index in [2.05, 4.69) is 60.9 Å². The zero-order chi connectivity index (χ0) is 19.6. The van der Waals surface area contributed by atoms with Gasteiger partial charge in [-0.2, -0.15) is 0 Å². The van der Waals surface area contributed by atoms with Crippen molar-refractivity contribution in [3.05, 3.63) is 35.9 Å². The molecule has 152 valence electrons. The van der Waals surface area contributed by atoms with E-state index in [1.54, 1.807) is 0 Å². The van der Waals surface area contributed by atoms with Crippen LogP contribution >= 0.6 is 0 Å². The van der Waals surface area contributed by atoms with Crippen molar-refractivity contribution in [2.75, 3.05) is 44.4 Å². The standard InChI is InChI=1S/C23H33N3O2/c1-4-25(20-9-12-28-23(2,3)16-20)17-19-15-18-7-5-6-8-21(18)24-22(19)26-10-13-27-14-11-26/h5-8,15,20H,4,9-14,16-17H2,1-3H3/t20-/m1/s1. The van der Waals surface area contributed by atoms with Crippen LogP contribution in [0, 0.1) is 0 Å². The van der Waals surface area contributed by atoms with Crippen LogP contribution in [-0.4, -0.2) is 61.0 Å². The summed E-state index contributed by atoms with van der Waals surface area (Å²) in [5.41, 5.74) is 2.36. The van der Waals surface area contributed by atoms with Crippen LogP contribution in [0.3, 0.4) is 0 Å². The maximum absolute atomic E-state index is 5.96. The van der Waals surface area contributed by atoms with Crippen LogP contribution in [-0.2, 0) is 16.0 Å². The van der Waals surface area contributed by atoms with Gasteiger partial charge in [0.25, 0.3) is 0 Å². The zero-order valence-corrected chi connectivity index (χ0v) is 17.5. The van der Waals surface area contributed by atoms with Crippen molar-refractivity contribution in [1.82, 2.24) is 9.88 Å². The molecule has 2 fully saturated rings. The van der Waals surface area contributed by atoms with Gasteiger partial charge in [-0.3, -0.25) is 4.90 Å². The van der Waals surface area contributed by atoms with Gasteiger partial charge in [-0.05, 0) is 45.4 Å². The number of benzene rings is 1. The zero-order valence-electron chi connectivity index (χ0n) is 17.5. The van der Waals surface area contributed by atoms with Gasteiger partial charge >= 0.3 is 0 Å². The molecule has 5 heteroatoms. The van der Waals surface area contributed by atoms with E-state index in [9.17, 15) is 0 Å². The van der Waals surface area contributed by atoms with Crippen molar-refractivity contribution >= 4 is 16.7 Å². The first-order valence-electron chi connectivity index (χ1n) is 10.6. The highest BCUT2D eigenvalue weighted by atomic mass is 16.5. The number of ether oxygens (including phenoxy) is 2. The highest BCUT2D eigenvalue weighted by Gasteiger charge is 2.32. The Morgan fingerprint density at radius 3 is 2.71 bits per heavy atom. The molecule has 0 bridgehead atoms. The van der Waals surface area contributed by atoms with Crippen LogP contribution < -0.4 is 4.90 Å². The summed E-state index contributed by atoms with van der Waals surface area (Å²) in [4.78, 5) is 10.1. The van der Waals surface area contributed by atoms with Gasteiger partial charge in [0, 0.05) is 43.2 Å². The van der Waals surface area contributed by atoms with Crippen LogP contribution in [0.2, 0.25) is 0 Å². The average Bonchev–Trinajstić information content (AvgIpc) is 2.71. The molecule has 2 aliphatic rings.